The van der Waals surface area contributed by atoms with Crippen molar-refractivity contribution in [1.29, 1.82) is 0 Å². The highest BCUT2D eigenvalue weighted by atomic mass is 16.7. The van der Waals surface area contributed by atoms with Crippen LogP contribution in [0.1, 0.15) is 102 Å². The Morgan fingerprint density at radius 1 is 0.587 bits per heavy atom. The molecule has 2 N–H and O–H groups in total. The summed E-state index contributed by atoms with van der Waals surface area (Å²) in [5.74, 6) is -0.103. The highest BCUT2D eigenvalue weighted by Crippen LogP contribution is 2.42. The Bertz CT molecular complexity index is 979. The zero-order valence-corrected chi connectivity index (χ0v) is 30.0. The van der Waals surface area contributed by atoms with Crippen LogP contribution < -0.4 is 10.6 Å². The number of aldehydes is 2. The number of carbonyl (C=O) groups excluding carboxylic acids is 2. The first kappa shape index (κ1) is 38.7. The third-order valence-corrected chi connectivity index (χ3v) is 8.54. The average Bonchev–Trinajstić information content (AvgIpc) is 2.93. The van der Waals surface area contributed by atoms with E-state index in [2.05, 4.69) is 66.0 Å². The van der Waals surface area contributed by atoms with Gasteiger partial charge in [-0.05, 0) is 55.4 Å². The van der Waals surface area contributed by atoms with E-state index in [1.54, 1.807) is 38.5 Å². The quantitative estimate of drug-likeness (QED) is 0.400. The number of piperidine rings is 2. The van der Waals surface area contributed by atoms with Crippen molar-refractivity contribution < 1.29 is 38.0 Å². The summed E-state index contributed by atoms with van der Waals surface area (Å²) in [6.45, 7) is 22.1. The topological polar surface area (TPSA) is 114 Å². The van der Waals surface area contributed by atoms with Gasteiger partial charge in [-0.1, -0.05) is 24.3 Å². The van der Waals surface area contributed by atoms with E-state index in [0.29, 0.717) is 36.2 Å². The van der Waals surface area contributed by atoms with Gasteiger partial charge in [-0.3, -0.25) is 9.59 Å². The minimum Gasteiger partial charge on any atom is -0.384 e. The van der Waals surface area contributed by atoms with Crippen molar-refractivity contribution in [3.63, 3.8) is 0 Å². The number of hydrogen-bond acceptors (Lipinski definition) is 10. The van der Waals surface area contributed by atoms with E-state index in [9.17, 15) is 9.59 Å². The van der Waals surface area contributed by atoms with Gasteiger partial charge >= 0.3 is 0 Å². The van der Waals surface area contributed by atoms with Gasteiger partial charge in [0.15, 0.2) is 11.6 Å². The van der Waals surface area contributed by atoms with Crippen molar-refractivity contribution in [2.45, 2.75) is 115 Å². The van der Waals surface area contributed by atoms with Crippen molar-refractivity contribution >= 4 is 12.6 Å². The zero-order chi connectivity index (χ0) is 34.3. The Morgan fingerprint density at radius 2 is 0.848 bits per heavy atom. The first-order chi connectivity index (χ1) is 21.4. The summed E-state index contributed by atoms with van der Waals surface area (Å²) in [6.07, 6.45) is 5.06. The van der Waals surface area contributed by atoms with Crippen LogP contribution in [0.25, 0.3) is 0 Å². The van der Waals surface area contributed by atoms with Gasteiger partial charge in [0.05, 0.1) is 39.6 Å². The van der Waals surface area contributed by atoms with Crippen molar-refractivity contribution in [3.8, 4) is 0 Å². The van der Waals surface area contributed by atoms with Crippen molar-refractivity contribution in [1.82, 2.24) is 10.6 Å². The van der Waals surface area contributed by atoms with Gasteiger partial charge in [0.2, 0.25) is 0 Å². The Kier molecular flexibility index (Phi) is 13.2. The van der Waals surface area contributed by atoms with Crippen LogP contribution in [0.3, 0.4) is 0 Å². The average molecular weight is 649 g/mol. The minimum atomic E-state index is -0.414. The summed E-state index contributed by atoms with van der Waals surface area (Å²) in [7, 11) is 3.45. The third-order valence-electron chi connectivity index (χ3n) is 8.54. The lowest BCUT2D eigenvalue weighted by atomic mass is 9.78. The Labute approximate surface area is 276 Å². The molecule has 262 valence electrons. The monoisotopic (exact) mass is 648 g/mol. The van der Waals surface area contributed by atoms with Gasteiger partial charge in [-0.2, -0.15) is 0 Å². The molecule has 5 rings (SSSR count). The van der Waals surface area contributed by atoms with E-state index in [1.807, 2.05) is 0 Å². The van der Waals surface area contributed by atoms with Crippen LogP contribution >= 0.6 is 0 Å². The lowest BCUT2D eigenvalue weighted by Crippen LogP contribution is -2.66. The molecule has 0 aromatic heterocycles. The van der Waals surface area contributed by atoms with Crippen LogP contribution in [0.2, 0.25) is 0 Å². The number of ether oxygens (including phenoxy) is 6. The smallest absolute Gasteiger partial charge is 0.171 e. The van der Waals surface area contributed by atoms with Crippen LogP contribution in [0.15, 0.2) is 24.3 Å². The second-order valence-corrected chi connectivity index (χ2v) is 16.1. The third kappa shape index (κ3) is 11.7. The first-order valence-electron chi connectivity index (χ1n) is 16.5. The summed E-state index contributed by atoms with van der Waals surface area (Å²) in [5, 5.41) is 7.31. The maximum atomic E-state index is 10.1. The molecule has 2 spiro atoms. The summed E-state index contributed by atoms with van der Waals surface area (Å²) in [5.41, 5.74) is 1.33. The van der Waals surface area contributed by atoms with Crippen molar-refractivity contribution in [2.24, 2.45) is 11.8 Å². The minimum absolute atomic E-state index is 0.0375. The molecule has 0 amide bonds. The number of benzene rings is 1. The fourth-order valence-electron chi connectivity index (χ4n) is 7.81. The molecular formula is C36H60N2O8. The predicted molar refractivity (Wildman–Crippen MR) is 178 cm³/mol. The Morgan fingerprint density at radius 3 is 1.07 bits per heavy atom. The molecule has 0 aliphatic carbocycles. The van der Waals surface area contributed by atoms with E-state index in [0.717, 1.165) is 64.7 Å². The molecule has 1 aromatic carbocycles. The fraction of sp³-hybridized carbons (Fsp3) is 0.778. The summed E-state index contributed by atoms with van der Waals surface area (Å²) < 4.78 is 34.7. The predicted octanol–water partition coefficient (Wildman–Crippen LogP) is 5.18. The summed E-state index contributed by atoms with van der Waals surface area (Å²) in [4.78, 5) is 20.2. The molecule has 10 nitrogen and oxygen atoms in total. The van der Waals surface area contributed by atoms with Gasteiger partial charge in [0.1, 0.15) is 12.6 Å². The second kappa shape index (κ2) is 15.6. The molecule has 0 bridgehead atoms. The Hall–Kier alpha value is -1.76. The molecule has 0 unspecified atom stereocenters. The lowest BCUT2D eigenvalue weighted by molar-refractivity contribution is -0.313. The van der Waals surface area contributed by atoms with Gasteiger partial charge in [-0.15, -0.1) is 0 Å². The normalized spacial score (nSPS) is 25.8. The molecule has 0 atom stereocenters. The van der Waals surface area contributed by atoms with Crippen LogP contribution in [-0.2, 0) is 28.4 Å². The molecule has 1 aromatic rings. The number of nitrogens with one attached hydrogen (secondary N) is 2. The Balaban J connectivity index is 0.000000196. The van der Waals surface area contributed by atoms with Crippen molar-refractivity contribution in [2.75, 3.05) is 53.9 Å². The number of rotatable bonds is 6. The van der Waals surface area contributed by atoms with E-state index < -0.39 is 11.6 Å². The van der Waals surface area contributed by atoms with Crippen LogP contribution in [-0.4, -0.2) is 100 Å². The van der Waals surface area contributed by atoms with E-state index in [4.69, 9.17) is 28.4 Å². The second-order valence-electron chi connectivity index (χ2n) is 16.1. The number of hydrogen-bond donors (Lipinski definition) is 2. The molecule has 0 radical (unpaired) electrons. The molecule has 4 fully saturated rings. The van der Waals surface area contributed by atoms with Gasteiger partial charge in [-0.25, -0.2) is 0 Å². The van der Waals surface area contributed by atoms with Gasteiger partial charge in [0.25, 0.3) is 0 Å². The first-order valence-corrected chi connectivity index (χ1v) is 16.5. The molecule has 0 saturated carbocycles. The highest BCUT2D eigenvalue weighted by Gasteiger charge is 2.52. The van der Waals surface area contributed by atoms with Crippen LogP contribution in [0.5, 0.6) is 0 Å². The van der Waals surface area contributed by atoms with E-state index in [1.165, 1.54) is 0 Å². The fourth-order valence-corrected chi connectivity index (χ4v) is 7.81. The van der Waals surface area contributed by atoms with E-state index in [-0.39, 0.29) is 22.2 Å². The molecule has 4 saturated heterocycles. The zero-order valence-electron chi connectivity index (χ0n) is 30.0. The molecule has 4 aliphatic heterocycles. The largest absolute Gasteiger partial charge is 0.384 e. The maximum Gasteiger partial charge on any atom is 0.171 e. The maximum absolute atomic E-state index is 10.1. The van der Waals surface area contributed by atoms with Gasteiger partial charge < -0.3 is 39.1 Å². The lowest BCUT2D eigenvalue weighted by Gasteiger charge is -2.54. The number of methoxy groups -OCH3 is 2. The highest BCUT2D eigenvalue weighted by molar-refractivity contribution is 5.79. The molecular weight excluding hydrogens is 588 g/mol. The van der Waals surface area contributed by atoms with Crippen LogP contribution in [0, 0.1) is 11.8 Å². The van der Waals surface area contributed by atoms with Crippen molar-refractivity contribution in [3.05, 3.63) is 35.4 Å². The molecule has 4 aliphatic rings. The summed E-state index contributed by atoms with van der Waals surface area (Å²) in [6, 6.07) is 6.43. The molecule has 4 heterocycles. The van der Waals surface area contributed by atoms with E-state index >= 15 is 0 Å². The summed E-state index contributed by atoms with van der Waals surface area (Å²) >= 11 is 0. The SMILES string of the molecule is COCC1COC2(CC(C)(C)NC(C)(C)C2)OC1.COCC1COC2(CC(C)(C)NC(C)(C)C2)OC1.O=Cc1ccc(C=O)cc1. The number of carbonyl (C=O) groups is 2. The standard InChI is InChI=1S/2C14H27NO3.C8H6O2/c2*1-12(2)9-14(10-13(3,4)15-12)17-7-11(6-16-5)8-18-14;9-5-7-1-2-8(6-10)4-3-7/h2*11,15H,6-10H2,1-5H3;1-6H. The molecule has 10 heteroatoms. The van der Waals surface area contributed by atoms with Crippen LogP contribution in [0.4, 0.5) is 0 Å². The van der Waals surface area contributed by atoms with Gasteiger partial charge in [0, 0.05) is 85.0 Å². The molecule has 46 heavy (non-hydrogen) atoms.